The lowest BCUT2D eigenvalue weighted by Gasteiger charge is -2.27. The van der Waals surface area contributed by atoms with Gasteiger partial charge in [-0.3, -0.25) is 0 Å². The van der Waals surface area contributed by atoms with E-state index in [1.165, 1.54) is 0 Å². The zero-order valence-corrected chi connectivity index (χ0v) is 16.7. The summed E-state index contributed by atoms with van der Waals surface area (Å²) in [5.41, 5.74) is 0.423. The van der Waals surface area contributed by atoms with Crippen LogP contribution in [0.15, 0.2) is 24.0 Å². The van der Waals surface area contributed by atoms with Gasteiger partial charge in [-0.05, 0) is 87.3 Å². The summed E-state index contributed by atoms with van der Waals surface area (Å²) in [5.74, 6) is -0.787. The molecular weight excluding hydrogens is 349 g/mol. The van der Waals surface area contributed by atoms with Crippen molar-refractivity contribution in [3.8, 4) is 5.75 Å². The van der Waals surface area contributed by atoms with E-state index in [0.29, 0.717) is 36.8 Å². The largest absolute Gasteiger partial charge is 0.490 e. The lowest BCUT2D eigenvalue weighted by atomic mass is 9.79. The van der Waals surface area contributed by atoms with Crippen molar-refractivity contribution in [1.82, 2.24) is 0 Å². The van der Waals surface area contributed by atoms with Crippen molar-refractivity contribution in [3.63, 3.8) is 0 Å². The van der Waals surface area contributed by atoms with Gasteiger partial charge in [0.25, 0.3) is 0 Å². The fraction of sp³-hybridized carbons (Fsp3) is 0.652. The number of hydrogen-bond acceptors (Lipinski definition) is 1. The molecule has 1 nitrogen and oxygen atoms in total. The Hall–Kier alpha value is -1.45. The first-order chi connectivity index (χ1) is 13.0. The third kappa shape index (κ3) is 6.90. The second-order valence-electron chi connectivity index (χ2n) is 7.74. The molecule has 27 heavy (non-hydrogen) atoms. The van der Waals surface area contributed by atoms with Gasteiger partial charge < -0.3 is 4.74 Å². The molecule has 1 aliphatic carbocycles. The summed E-state index contributed by atoms with van der Waals surface area (Å²) in [5, 5.41) is 0. The molecule has 152 valence electrons. The Morgan fingerprint density at radius 2 is 1.81 bits per heavy atom. The highest BCUT2D eigenvalue weighted by Crippen LogP contribution is 2.34. The SMILES string of the molecule is CCCCOc1ccc(CCC2CCC(/C=C(\F)CCC)CC2)c(F)c1F. The summed E-state index contributed by atoms with van der Waals surface area (Å²) < 4.78 is 47.4. The van der Waals surface area contributed by atoms with Gasteiger partial charge in [-0.2, -0.15) is 4.39 Å². The van der Waals surface area contributed by atoms with Crippen LogP contribution in [-0.4, -0.2) is 6.61 Å². The van der Waals surface area contributed by atoms with Crippen molar-refractivity contribution in [1.29, 1.82) is 0 Å². The van der Waals surface area contributed by atoms with E-state index in [0.717, 1.165) is 51.4 Å². The van der Waals surface area contributed by atoms with Crippen LogP contribution in [0.5, 0.6) is 5.75 Å². The maximum atomic E-state index is 14.3. The standard InChI is InChI=1S/C23H33F3O/c1-3-5-15-27-21-14-13-19(22(25)23(21)26)12-11-17-7-9-18(10-8-17)16-20(24)6-4-2/h13-14,16-18H,3-12,15H2,1-2H3/b20-16-. The lowest BCUT2D eigenvalue weighted by Crippen LogP contribution is -2.14. The number of unbranched alkanes of at least 4 members (excludes halogenated alkanes) is 1. The predicted octanol–water partition coefficient (Wildman–Crippen LogP) is 7.54. The minimum atomic E-state index is -0.871. The summed E-state index contributed by atoms with van der Waals surface area (Å²) in [7, 11) is 0. The number of ether oxygens (including phenoxy) is 1. The van der Waals surface area contributed by atoms with Gasteiger partial charge in [-0.15, -0.1) is 0 Å². The van der Waals surface area contributed by atoms with E-state index in [9.17, 15) is 13.2 Å². The van der Waals surface area contributed by atoms with Crippen LogP contribution in [0.2, 0.25) is 0 Å². The number of aryl methyl sites for hydroxylation is 1. The van der Waals surface area contributed by atoms with Crippen LogP contribution in [-0.2, 0) is 6.42 Å². The summed E-state index contributed by atoms with van der Waals surface area (Å²) in [6, 6.07) is 3.19. The fourth-order valence-electron chi connectivity index (χ4n) is 3.78. The maximum Gasteiger partial charge on any atom is 0.200 e. The molecule has 1 fully saturated rings. The van der Waals surface area contributed by atoms with E-state index in [-0.39, 0.29) is 11.6 Å². The summed E-state index contributed by atoms with van der Waals surface area (Å²) in [6.07, 6.45) is 10.4. The monoisotopic (exact) mass is 382 g/mol. The number of benzene rings is 1. The molecular formula is C23H33F3O. The minimum Gasteiger partial charge on any atom is -0.490 e. The average molecular weight is 383 g/mol. The third-order valence-corrected chi connectivity index (χ3v) is 5.50. The van der Waals surface area contributed by atoms with Gasteiger partial charge >= 0.3 is 0 Å². The fourth-order valence-corrected chi connectivity index (χ4v) is 3.78. The highest BCUT2D eigenvalue weighted by Gasteiger charge is 2.21. The highest BCUT2D eigenvalue weighted by atomic mass is 19.2. The van der Waals surface area contributed by atoms with Crippen LogP contribution in [0.25, 0.3) is 0 Å². The Morgan fingerprint density at radius 3 is 2.48 bits per heavy atom. The predicted molar refractivity (Wildman–Crippen MR) is 105 cm³/mol. The van der Waals surface area contributed by atoms with E-state index in [1.807, 2.05) is 13.8 Å². The average Bonchev–Trinajstić information content (AvgIpc) is 2.66. The first-order valence-corrected chi connectivity index (χ1v) is 10.5. The van der Waals surface area contributed by atoms with Crippen LogP contribution in [0, 0.1) is 23.5 Å². The molecule has 0 aliphatic heterocycles. The van der Waals surface area contributed by atoms with Crippen LogP contribution >= 0.6 is 0 Å². The normalized spacial score (nSPS) is 20.7. The number of allylic oxidation sites excluding steroid dienone is 2. The lowest BCUT2D eigenvalue weighted by molar-refractivity contribution is 0.285. The van der Waals surface area contributed by atoms with E-state index in [2.05, 4.69) is 0 Å². The van der Waals surface area contributed by atoms with Crippen LogP contribution in [0.4, 0.5) is 13.2 Å². The topological polar surface area (TPSA) is 9.23 Å². The molecule has 2 rings (SSSR count). The molecule has 0 aromatic heterocycles. The Kier molecular flexibility index (Phi) is 9.23. The molecule has 0 atom stereocenters. The molecule has 0 saturated heterocycles. The third-order valence-electron chi connectivity index (χ3n) is 5.50. The van der Waals surface area contributed by atoms with Gasteiger partial charge in [0.2, 0.25) is 5.82 Å². The van der Waals surface area contributed by atoms with Gasteiger partial charge in [0, 0.05) is 0 Å². The number of halogens is 3. The molecule has 0 bridgehead atoms. The van der Waals surface area contributed by atoms with Crippen LogP contribution in [0.1, 0.15) is 77.2 Å². The molecule has 0 N–H and O–H groups in total. The molecule has 0 heterocycles. The quantitative estimate of drug-likeness (QED) is 0.380. The van der Waals surface area contributed by atoms with Crippen molar-refractivity contribution in [2.75, 3.05) is 6.61 Å². The van der Waals surface area contributed by atoms with Gasteiger partial charge in [-0.1, -0.05) is 26.3 Å². The van der Waals surface area contributed by atoms with Gasteiger partial charge in [0.15, 0.2) is 11.6 Å². The molecule has 0 amide bonds. The van der Waals surface area contributed by atoms with E-state index in [1.54, 1.807) is 18.2 Å². The maximum absolute atomic E-state index is 14.3. The molecule has 0 radical (unpaired) electrons. The minimum absolute atomic E-state index is 0.00565. The zero-order valence-electron chi connectivity index (χ0n) is 16.7. The molecule has 1 aliphatic rings. The van der Waals surface area contributed by atoms with Crippen LogP contribution < -0.4 is 4.74 Å². The Morgan fingerprint density at radius 1 is 1.07 bits per heavy atom. The molecule has 4 heteroatoms. The summed E-state index contributed by atoms with van der Waals surface area (Å²) in [6.45, 7) is 4.41. The molecule has 1 aromatic carbocycles. The first kappa shape index (κ1) is 21.8. The first-order valence-electron chi connectivity index (χ1n) is 10.5. The summed E-state index contributed by atoms with van der Waals surface area (Å²) in [4.78, 5) is 0. The zero-order chi connectivity index (χ0) is 19.6. The molecule has 1 saturated carbocycles. The van der Waals surface area contributed by atoms with Crippen molar-refractivity contribution in [3.05, 3.63) is 41.2 Å². The Labute approximate surface area is 162 Å². The smallest absolute Gasteiger partial charge is 0.200 e. The number of rotatable bonds is 10. The van der Waals surface area contributed by atoms with Gasteiger partial charge in [0.05, 0.1) is 12.4 Å². The molecule has 1 aromatic rings. The van der Waals surface area contributed by atoms with E-state index in [4.69, 9.17) is 4.74 Å². The van der Waals surface area contributed by atoms with Gasteiger partial charge in [-0.25, -0.2) is 8.78 Å². The number of hydrogen-bond donors (Lipinski definition) is 0. The van der Waals surface area contributed by atoms with Crippen LogP contribution in [0.3, 0.4) is 0 Å². The van der Waals surface area contributed by atoms with Gasteiger partial charge in [0.1, 0.15) is 0 Å². The van der Waals surface area contributed by atoms with Crippen molar-refractivity contribution < 1.29 is 17.9 Å². The molecule has 0 spiro atoms. The molecule has 0 unspecified atom stereocenters. The van der Waals surface area contributed by atoms with Crippen molar-refractivity contribution in [2.45, 2.75) is 78.1 Å². The highest BCUT2D eigenvalue weighted by molar-refractivity contribution is 5.31. The van der Waals surface area contributed by atoms with E-state index >= 15 is 0 Å². The summed E-state index contributed by atoms with van der Waals surface area (Å²) >= 11 is 0. The Balaban J connectivity index is 1.82. The second kappa shape index (κ2) is 11.4. The second-order valence-corrected chi connectivity index (χ2v) is 7.74. The van der Waals surface area contributed by atoms with Crippen molar-refractivity contribution >= 4 is 0 Å². The Bertz CT molecular complexity index is 604. The van der Waals surface area contributed by atoms with E-state index < -0.39 is 11.6 Å². The van der Waals surface area contributed by atoms with Crippen molar-refractivity contribution in [2.24, 2.45) is 11.8 Å².